The van der Waals surface area contributed by atoms with Gasteiger partial charge in [0.2, 0.25) is 0 Å². The minimum Gasteiger partial charge on any atom is -0.299 e. The molecule has 1 aliphatic carbocycles. The standard InChI is InChI=1S/C7H8O2/c1-5-6(4-8)2-3-7(5)9/h5H,2-3H2,1H3. The van der Waals surface area contributed by atoms with E-state index in [-0.39, 0.29) is 11.7 Å². The van der Waals surface area contributed by atoms with Crippen molar-refractivity contribution in [3.63, 3.8) is 0 Å². The molecule has 0 aromatic heterocycles. The summed E-state index contributed by atoms with van der Waals surface area (Å²) in [7, 11) is 0. The monoisotopic (exact) mass is 124 g/mol. The number of carbonyl (C=O) groups excluding carboxylic acids is 2. The van der Waals surface area contributed by atoms with Gasteiger partial charge in [-0.2, -0.15) is 0 Å². The Balaban J connectivity index is 2.85. The number of rotatable bonds is 0. The predicted octanol–water partition coefficient (Wildman–Crippen LogP) is 0.743. The maximum absolute atomic E-state index is 10.7. The highest BCUT2D eigenvalue weighted by atomic mass is 16.1. The van der Waals surface area contributed by atoms with Gasteiger partial charge in [0, 0.05) is 17.9 Å². The first-order chi connectivity index (χ1) is 4.25. The van der Waals surface area contributed by atoms with E-state index in [4.69, 9.17) is 0 Å². The molecule has 1 aliphatic rings. The SMILES string of the molecule is CC1C(=O)CCC1=C=O. The van der Waals surface area contributed by atoms with Crippen LogP contribution in [0.25, 0.3) is 0 Å². The molecule has 1 saturated carbocycles. The van der Waals surface area contributed by atoms with E-state index in [2.05, 4.69) is 0 Å². The molecule has 0 radical (unpaired) electrons. The van der Waals surface area contributed by atoms with E-state index in [0.717, 1.165) is 0 Å². The summed E-state index contributed by atoms with van der Waals surface area (Å²) < 4.78 is 0. The molecule has 0 aromatic carbocycles. The third-order valence-corrected chi connectivity index (χ3v) is 1.78. The molecule has 0 aliphatic heterocycles. The van der Waals surface area contributed by atoms with Crippen molar-refractivity contribution in [2.24, 2.45) is 5.92 Å². The summed E-state index contributed by atoms with van der Waals surface area (Å²) in [5, 5.41) is 0. The largest absolute Gasteiger partial charge is 0.299 e. The average molecular weight is 124 g/mol. The van der Waals surface area contributed by atoms with Crippen molar-refractivity contribution in [3.05, 3.63) is 5.57 Å². The minimum atomic E-state index is -0.150. The van der Waals surface area contributed by atoms with Gasteiger partial charge in [0.1, 0.15) is 11.7 Å². The number of carbonyl (C=O) groups is 1. The zero-order chi connectivity index (χ0) is 6.85. The summed E-state index contributed by atoms with van der Waals surface area (Å²) in [5.41, 5.74) is 0.639. The first-order valence-electron chi connectivity index (χ1n) is 3.02. The third-order valence-electron chi connectivity index (χ3n) is 1.78. The fourth-order valence-electron chi connectivity index (χ4n) is 1.02. The maximum atomic E-state index is 10.7. The van der Waals surface area contributed by atoms with Crippen molar-refractivity contribution >= 4 is 11.7 Å². The maximum Gasteiger partial charge on any atom is 0.140 e. The number of allylic oxidation sites excluding steroid dienone is 1. The van der Waals surface area contributed by atoms with Crippen molar-refractivity contribution in [1.29, 1.82) is 0 Å². The highest BCUT2D eigenvalue weighted by Crippen LogP contribution is 2.24. The summed E-state index contributed by atoms with van der Waals surface area (Å²) in [6, 6.07) is 0. The second-order valence-electron chi connectivity index (χ2n) is 2.32. The topological polar surface area (TPSA) is 34.1 Å². The first-order valence-corrected chi connectivity index (χ1v) is 3.02. The number of ketones is 1. The van der Waals surface area contributed by atoms with Gasteiger partial charge in [0.25, 0.3) is 0 Å². The molecule has 0 N–H and O–H groups in total. The molecular weight excluding hydrogens is 116 g/mol. The molecule has 1 rings (SSSR count). The van der Waals surface area contributed by atoms with Crippen LogP contribution >= 0.6 is 0 Å². The lowest BCUT2D eigenvalue weighted by atomic mass is 10.1. The molecule has 1 atom stereocenters. The van der Waals surface area contributed by atoms with Crippen LogP contribution in [0.2, 0.25) is 0 Å². The Labute approximate surface area is 53.6 Å². The lowest BCUT2D eigenvalue weighted by Crippen LogP contribution is -2.01. The van der Waals surface area contributed by atoms with Crippen LogP contribution < -0.4 is 0 Å². The molecule has 48 valence electrons. The lowest BCUT2D eigenvalue weighted by Gasteiger charge is -1.93. The van der Waals surface area contributed by atoms with Crippen LogP contribution in [0.1, 0.15) is 19.8 Å². The smallest absolute Gasteiger partial charge is 0.140 e. The Kier molecular flexibility index (Phi) is 1.50. The van der Waals surface area contributed by atoms with E-state index in [1.54, 1.807) is 12.9 Å². The zero-order valence-corrected chi connectivity index (χ0v) is 5.31. The molecule has 0 bridgehead atoms. The summed E-state index contributed by atoms with van der Waals surface area (Å²) in [6.07, 6.45) is 1.16. The van der Waals surface area contributed by atoms with Crippen molar-refractivity contribution in [2.75, 3.05) is 0 Å². The van der Waals surface area contributed by atoms with Gasteiger partial charge in [-0.05, 0) is 6.42 Å². The van der Waals surface area contributed by atoms with Gasteiger partial charge in [0.05, 0.1) is 0 Å². The van der Waals surface area contributed by atoms with Gasteiger partial charge < -0.3 is 0 Å². The van der Waals surface area contributed by atoms with Crippen LogP contribution in [0.3, 0.4) is 0 Å². The molecule has 2 heteroatoms. The van der Waals surface area contributed by atoms with E-state index < -0.39 is 0 Å². The van der Waals surface area contributed by atoms with E-state index in [0.29, 0.717) is 18.4 Å². The van der Waals surface area contributed by atoms with Crippen molar-refractivity contribution < 1.29 is 9.59 Å². The van der Waals surface area contributed by atoms with E-state index in [1.807, 2.05) is 0 Å². The number of Topliss-reactive ketones (excluding diaryl/α,β-unsaturated/α-hetero) is 1. The van der Waals surface area contributed by atoms with Crippen molar-refractivity contribution in [1.82, 2.24) is 0 Å². The number of hydrogen-bond acceptors (Lipinski definition) is 2. The second-order valence-corrected chi connectivity index (χ2v) is 2.32. The Morgan fingerprint density at radius 2 is 2.22 bits per heavy atom. The van der Waals surface area contributed by atoms with E-state index in [9.17, 15) is 9.59 Å². The van der Waals surface area contributed by atoms with Crippen molar-refractivity contribution in [2.45, 2.75) is 19.8 Å². The van der Waals surface area contributed by atoms with Crippen LogP contribution in [0.15, 0.2) is 5.57 Å². The van der Waals surface area contributed by atoms with Gasteiger partial charge in [-0.25, -0.2) is 4.79 Å². The number of hydrogen-bond donors (Lipinski definition) is 0. The molecule has 1 fully saturated rings. The van der Waals surface area contributed by atoms with Crippen LogP contribution in [0.5, 0.6) is 0 Å². The minimum absolute atomic E-state index is 0.150. The zero-order valence-electron chi connectivity index (χ0n) is 5.31. The van der Waals surface area contributed by atoms with Gasteiger partial charge >= 0.3 is 0 Å². The van der Waals surface area contributed by atoms with Crippen LogP contribution in [-0.4, -0.2) is 11.7 Å². The normalized spacial score (nSPS) is 26.6. The van der Waals surface area contributed by atoms with Crippen LogP contribution in [0.4, 0.5) is 0 Å². The highest BCUT2D eigenvalue weighted by Gasteiger charge is 2.25. The molecule has 1 unspecified atom stereocenters. The fraction of sp³-hybridized carbons (Fsp3) is 0.571. The second kappa shape index (κ2) is 2.16. The van der Waals surface area contributed by atoms with Crippen LogP contribution in [-0.2, 0) is 9.59 Å². The van der Waals surface area contributed by atoms with Gasteiger partial charge in [-0.15, -0.1) is 0 Å². The highest BCUT2D eigenvalue weighted by molar-refractivity contribution is 5.89. The molecule has 0 saturated heterocycles. The molecule has 0 heterocycles. The molecule has 2 nitrogen and oxygen atoms in total. The lowest BCUT2D eigenvalue weighted by molar-refractivity contribution is -0.119. The van der Waals surface area contributed by atoms with Crippen molar-refractivity contribution in [3.8, 4) is 0 Å². The van der Waals surface area contributed by atoms with E-state index in [1.165, 1.54) is 0 Å². The Morgan fingerprint density at radius 1 is 1.56 bits per heavy atom. The molecule has 0 amide bonds. The molecule has 9 heavy (non-hydrogen) atoms. The predicted molar refractivity (Wildman–Crippen MR) is 32.6 cm³/mol. The molecule has 0 aromatic rings. The Bertz CT molecular complexity index is 187. The average Bonchev–Trinajstić information content (AvgIpc) is 2.15. The summed E-state index contributed by atoms with van der Waals surface area (Å²) >= 11 is 0. The Hall–Kier alpha value is -0.880. The van der Waals surface area contributed by atoms with Crippen LogP contribution in [0, 0.1) is 5.92 Å². The Morgan fingerprint density at radius 3 is 2.44 bits per heavy atom. The third kappa shape index (κ3) is 0.936. The van der Waals surface area contributed by atoms with Gasteiger partial charge in [0.15, 0.2) is 0 Å². The summed E-state index contributed by atoms with van der Waals surface area (Å²) in [6.45, 7) is 1.76. The summed E-state index contributed by atoms with van der Waals surface area (Å²) in [4.78, 5) is 20.8. The van der Waals surface area contributed by atoms with Gasteiger partial charge in [-0.1, -0.05) is 6.92 Å². The van der Waals surface area contributed by atoms with E-state index >= 15 is 0 Å². The quantitative estimate of drug-likeness (QED) is 0.446. The molecule has 0 spiro atoms. The summed E-state index contributed by atoms with van der Waals surface area (Å²) in [5.74, 6) is 1.81. The van der Waals surface area contributed by atoms with Gasteiger partial charge in [-0.3, -0.25) is 4.79 Å². The first kappa shape index (κ1) is 6.24. The fourth-order valence-corrected chi connectivity index (χ4v) is 1.02. The molecular formula is C7H8O2.